The second-order valence-corrected chi connectivity index (χ2v) is 13.2. The van der Waals surface area contributed by atoms with Gasteiger partial charge in [0.15, 0.2) is 11.3 Å². The van der Waals surface area contributed by atoms with E-state index in [0.29, 0.717) is 0 Å². The third kappa shape index (κ3) is 8.81. The number of hydrogen-bond donors (Lipinski definition) is 4. The summed E-state index contributed by atoms with van der Waals surface area (Å²) in [4.78, 5) is 40.4. The summed E-state index contributed by atoms with van der Waals surface area (Å²) in [5, 5.41) is 23.8. The molecule has 0 amide bonds. The normalized spacial score (nSPS) is 25.5. The van der Waals surface area contributed by atoms with Crippen molar-refractivity contribution < 1.29 is 47.6 Å². The highest BCUT2D eigenvalue weighted by Crippen LogP contribution is 2.48. The Morgan fingerprint density at radius 3 is 2.50 bits per heavy atom. The number of nitrogen functional groups attached to an aromatic ring is 1. The van der Waals surface area contributed by atoms with Gasteiger partial charge in [0, 0.05) is 24.5 Å². The van der Waals surface area contributed by atoms with Gasteiger partial charge in [0.2, 0.25) is 5.79 Å². The summed E-state index contributed by atoms with van der Waals surface area (Å²) in [7, 11) is -3.22. The molecule has 40 heavy (non-hydrogen) atoms. The molecule has 1 fully saturated rings. The van der Waals surface area contributed by atoms with Gasteiger partial charge >= 0.3 is 19.4 Å². The van der Waals surface area contributed by atoms with E-state index in [1.54, 1.807) is 34.6 Å². The van der Waals surface area contributed by atoms with Crippen molar-refractivity contribution in [2.75, 3.05) is 31.8 Å². The Balaban J connectivity index is 2.23. The third-order valence-electron chi connectivity index (χ3n) is 5.54. The Morgan fingerprint density at radius 1 is 1.30 bits per heavy atom. The van der Waals surface area contributed by atoms with Crippen LogP contribution in [0.5, 0.6) is 0 Å². The van der Waals surface area contributed by atoms with E-state index in [-0.39, 0.29) is 23.3 Å². The van der Waals surface area contributed by atoms with Gasteiger partial charge in [-0.05, 0) is 26.8 Å². The second kappa shape index (κ2) is 13.9. The molecule has 15 nitrogen and oxygen atoms in total. The summed E-state index contributed by atoms with van der Waals surface area (Å²) in [5.41, 5.74) is 4.05. The van der Waals surface area contributed by atoms with Gasteiger partial charge in [-0.2, -0.15) is 4.98 Å². The van der Waals surface area contributed by atoms with Crippen LogP contribution >= 0.6 is 19.5 Å². The van der Waals surface area contributed by atoms with Crippen molar-refractivity contribution in [3.63, 3.8) is 0 Å². The van der Waals surface area contributed by atoms with E-state index >= 15 is 0 Å². The number of esters is 1. The second-order valence-electron chi connectivity index (χ2n) is 10.3. The number of nitrogens with one attached hydrogen (secondary N) is 1. The first-order valence-corrected chi connectivity index (χ1v) is 15.0. The molecule has 1 aromatic heterocycles. The van der Waals surface area contributed by atoms with Gasteiger partial charge in [-0.3, -0.25) is 23.2 Å². The van der Waals surface area contributed by atoms with Crippen LogP contribution in [-0.2, 0) is 37.4 Å². The van der Waals surface area contributed by atoms with Crippen LogP contribution in [0, 0.1) is 5.41 Å². The van der Waals surface area contributed by atoms with Gasteiger partial charge in [0.1, 0.15) is 30.7 Å². The van der Waals surface area contributed by atoms with Gasteiger partial charge in [0.25, 0.3) is 0 Å². The van der Waals surface area contributed by atoms with Gasteiger partial charge < -0.3 is 30.2 Å². The number of aliphatic hydroxyl groups excluding tert-OH is 2. The number of aliphatic hydroxyl groups is 2. The molecule has 1 aromatic rings. The summed E-state index contributed by atoms with van der Waals surface area (Å²) in [5.74, 6) is -2.79. The third-order valence-corrected chi connectivity index (χ3v) is 8.48. The number of thioether (sulfide) groups is 1. The summed E-state index contributed by atoms with van der Waals surface area (Å²) in [6.07, 6.45) is -4.18. The lowest BCUT2D eigenvalue weighted by atomic mass is 10.00. The van der Waals surface area contributed by atoms with Crippen molar-refractivity contribution in [2.45, 2.75) is 77.9 Å². The smallest absolute Gasteiger partial charge is 0.406 e. The lowest BCUT2D eigenvalue weighted by molar-refractivity contribution is -0.267. The lowest BCUT2D eigenvalue weighted by Gasteiger charge is -2.32. The van der Waals surface area contributed by atoms with E-state index in [4.69, 9.17) is 29.0 Å². The number of nitrogens with two attached hydrogens (primary N) is 1. The largest absolute Gasteiger partial charge is 0.462 e. The monoisotopic (exact) mass is 610 g/mol. The quantitative estimate of drug-likeness (QED) is 0.138. The molecule has 0 aromatic carbocycles. The van der Waals surface area contributed by atoms with Crippen molar-refractivity contribution in [1.29, 1.82) is 0 Å². The summed E-state index contributed by atoms with van der Waals surface area (Å²) >= 11 is 0.976. The van der Waals surface area contributed by atoms with Crippen molar-refractivity contribution in [3.8, 4) is 0 Å². The minimum atomic E-state index is -4.36. The predicted molar refractivity (Wildman–Crippen MR) is 145 cm³/mol. The summed E-state index contributed by atoms with van der Waals surface area (Å²) in [6, 6.07) is 0.141. The Hall–Kier alpha value is -1.88. The fraction of sp³-hybridized carbons (Fsp3) is 0.739. The van der Waals surface area contributed by atoms with E-state index in [1.807, 2.05) is 0 Å². The van der Waals surface area contributed by atoms with Crippen molar-refractivity contribution in [2.24, 2.45) is 5.41 Å². The maximum Gasteiger partial charge on any atom is 0.406 e. The number of hydrogen-bond acceptors (Lipinski definition) is 14. The van der Waals surface area contributed by atoms with Crippen molar-refractivity contribution in [3.05, 3.63) is 22.7 Å². The number of anilines is 1. The van der Waals surface area contributed by atoms with Crippen LogP contribution in [0.3, 0.4) is 0 Å². The van der Waals surface area contributed by atoms with Crippen LogP contribution in [0.25, 0.3) is 0 Å². The molecule has 0 radical (unpaired) electrons. The number of rotatable bonds is 13. The molecule has 0 aliphatic carbocycles. The highest BCUT2D eigenvalue weighted by molar-refractivity contribution is 8.13. The maximum atomic E-state index is 13.7. The fourth-order valence-electron chi connectivity index (χ4n) is 3.37. The predicted octanol–water partition coefficient (Wildman–Crippen LogP) is 0.796. The first-order valence-electron chi connectivity index (χ1n) is 12.4. The molecule has 17 heteroatoms. The molecule has 0 bridgehead atoms. The van der Waals surface area contributed by atoms with E-state index in [9.17, 15) is 29.2 Å². The minimum Gasteiger partial charge on any atom is -0.462 e. The SMILES string of the molecule is COC1(COP(=O)(NC(C)C(=O)OC(C)C)OCCSC(=O)C(C)(C)C)OC(n2ccc(N)nc2=O)C(O)C1O. The fourth-order valence-corrected chi connectivity index (χ4v) is 5.76. The molecular weight excluding hydrogens is 571 g/mol. The number of aromatic nitrogens is 2. The minimum absolute atomic E-state index is 0.0627. The van der Waals surface area contributed by atoms with Gasteiger partial charge in [-0.1, -0.05) is 32.5 Å². The maximum absolute atomic E-state index is 13.7. The highest BCUT2D eigenvalue weighted by Gasteiger charge is 2.57. The Morgan fingerprint density at radius 2 is 1.95 bits per heavy atom. The Labute approximate surface area is 236 Å². The van der Waals surface area contributed by atoms with E-state index < -0.39 is 67.8 Å². The molecule has 5 N–H and O–H groups in total. The number of carbonyl (C=O) groups is 2. The molecule has 0 saturated carbocycles. The Kier molecular flexibility index (Phi) is 11.9. The molecule has 1 aliphatic rings. The number of ether oxygens (including phenoxy) is 3. The average molecular weight is 611 g/mol. The zero-order chi connectivity index (χ0) is 30.5. The zero-order valence-corrected chi connectivity index (χ0v) is 25.3. The van der Waals surface area contributed by atoms with Crippen LogP contribution in [0.2, 0.25) is 0 Å². The average Bonchev–Trinajstić information content (AvgIpc) is 3.10. The first-order chi connectivity index (χ1) is 18.4. The van der Waals surface area contributed by atoms with Crippen LogP contribution in [0.15, 0.2) is 17.1 Å². The Bertz CT molecular complexity index is 1140. The van der Waals surface area contributed by atoms with Gasteiger partial charge in [-0.15, -0.1) is 0 Å². The first kappa shape index (κ1) is 34.3. The van der Waals surface area contributed by atoms with Gasteiger partial charge in [0.05, 0.1) is 12.7 Å². The topological polar surface area (TPSA) is 211 Å². The summed E-state index contributed by atoms with van der Waals surface area (Å²) < 4.78 is 41.8. The van der Waals surface area contributed by atoms with Crippen LogP contribution in [-0.4, -0.2) is 87.1 Å². The summed E-state index contributed by atoms with van der Waals surface area (Å²) in [6.45, 7) is 8.95. The van der Waals surface area contributed by atoms with Crippen LogP contribution in [0.1, 0.15) is 47.8 Å². The molecule has 2 heterocycles. The molecule has 2 rings (SSSR count). The molecule has 228 valence electrons. The van der Waals surface area contributed by atoms with E-state index in [1.165, 1.54) is 19.2 Å². The van der Waals surface area contributed by atoms with Crippen molar-refractivity contribution in [1.82, 2.24) is 14.6 Å². The lowest BCUT2D eigenvalue weighted by Crippen LogP contribution is -2.49. The van der Waals surface area contributed by atoms with E-state index in [2.05, 4.69) is 10.1 Å². The van der Waals surface area contributed by atoms with Crippen LogP contribution in [0.4, 0.5) is 5.82 Å². The zero-order valence-electron chi connectivity index (χ0n) is 23.6. The van der Waals surface area contributed by atoms with Crippen LogP contribution < -0.4 is 16.5 Å². The van der Waals surface area contributed by atoms with E-state index in [0.717, 1.165) is 23.4 Å². The molecule has 0 spiro atoms. The van der Waals surface area contributed by atoms with Gasteiger partial charge in [-0.25, -0.2) is 14.4 Å². The molecule has 1 saturated heterocycles. The molecule has 6 atom stereocenters. The standard InChI is InChI=1S/C23H39N4O11PS/c1-13(2)37-19(30)14(3)26-39(33,35-10-11-40-20(31)22(4,5)6)36-12-23(34-7)17(29)16(28)18(38-23)27-9-8-15(24)25-21(27)32/h8-9,13-14,16-18,28-29H,10-12H2,1-7H3,(H,26,33)(H2,24,25,32). The van der Waals surface area contributed by atoms with Crippen molar-refractivity contribution >= 4 is 36.4 Å². The molecule has 6 unspecified atom stereocenters. The number of nitrogens with zero attached hydrogens (tertiary/aromatic N) is 2. The molecular formula is C23H39N4O11PS. The number of carbonyl (C=O) groups excluding carboxylic acids is 2. The number of methoxy groups -OCH3 is 1. The highest BCUT2D eigenvalue weighted by atomic mass is 32.2. The molecule has 1 aliphatic heterocycles.